The molecule has 0 radical (unpaired) electrons. The van der Waals surface area contributed by atoms with Crippen molar-refractivity contribution in [3.63, 3.8) is 0 Å². The predicted molar refractivity (Wildman–Crippen MR) is 94.4 cm³/mol. The van der Waals surface area contributed by atoms with E-state index in [4.69, 9.17) is 16.3 Å². The molecule has 0 aliphatic carbocycles. The van der Waals surface area contributed by atoms with Gasteiger partial charge in [-0.15, -0.1) is 11.8 Å². The molecule has 126 valence electrons. The molecule has 24 heavy (non-hydrogen) atoms. The van der Waals surface area contributed by atoms with Crippen LogP contribution in [0.1, 0.15) is 15.9 Å². The number of nitrogens with zero attached hydrogens (tertiary/aromatic N) is 1. The van der Waals surface area contributed by atoms with Gasteiger partial charge < -0.3 is 10.1 Å². The molecule has 0 saturated carbocycles. The van der Waals surface area contributed by atoms with Crippen molar-refractivity contribution in [2.75, 3.05) is 18.9 Å². The Morgan fingerprint density at radius 1 is 1.25 bits per heavy atom. The van der Waals surface area contributed by atoms with Crippen LogP contribution in [0.15, 0.2) is 47.5 Å². The minimum atomic E-state index is -0.669. The van der Waals surface area contributed by atoms with Gasteiger partial charge in [0.25, 0.3) is 5.91 Å². The number of hydrogen-bond acceptors (Lipinski definition) is 5. The van der Waals surface area contributed by atoms with Gasteiger partial charge in [-0.05, 0) is 31.2 Å². The fourth-order valence-electron chi connectivity index (χ4n) is 1.79. The van der Waals surface area contributed by atoms with Crippen molar-refractivity contribution in [3.8, 4) is 0 Å². The maximum atomic E-state index is 11.8. The topological polar surface area (TPSA) is 68.3 Å². The number of halogens is 1. The van der Waals surface area contributed by atoms with Crippen molar-refractivity contribution in [1.29, 1.82) is 0 Å². The lowest BCUT2D eigenvalue weighted by molar-refractivity contribution is -0.124. The van der Waals surface area contributed by atoms with Crippen LogP contribution in [0.5, 0.6) is 0 Å². The zero-order valence-corrected chi connectivity index (χ0v) is 14.7. The molecule has 1 N–H and O–H groups in total. The molecule has 1 aromatic heterocycles. The number of aromatic nitrogens is 1. The minimum Gasteiger partial charge on any atom is -0.452 e. The van der Waals surface area contributed by atoms with Crippen LogP contribution >= 0.6 is 23.4 Å². The Morgan fingerprint density at radius 2 is 2.00 bits per heavy atom. The van der Waals surface area contributed by atoms with E-state index in [-0.39, 0.29) is 23.2 Å². The first-order chi connectivity index (χ1) is 11.6. The largest absolute Gasteiger partial charge is 0.452 e. The van der Waals surface area contributed by atoms with Crippen LogP contribution in [0, 0.1) is 6.92 Å². The summed E-state index contributed by atoms with van der Waals surface area (Å²) in [4.78, 5) is 28.4. The number of thioether (sulfide) groups is 1. The second-order valence-corrected chi connectivity index (χ2v) is 6.46. The van der Waals surface area contributed by atoms with Crippen molar-refractivity contribution >= 4 is 35.2 Å². The van der Waals surface area contributed by atoms with Gasteiger partial charge in [0.15, 0.2) is 6.61 Å². The molecule has 1 aromatic carbocycles. The van der Waals surface area contributed by atoms with Crippen LogP contribution < -0.4 is 5.32 Å². The molecule has 0 bridgehead atoms. The van der Waals surface area contributed by atoms with Gasteiger partial charge in [-0.1, -0.05) is 29.3 Å². The third kappa shape index (κ3) is 5.86. The van der Waals surface area contributed by atoms with Crippen LogP contribution in [0.3, 0.4) is 0 Å². The molecule has 0 atom stereocenters. The molecule has 0 spiro atoms. The highest BCUT2D eigenvalue weighted by Gasteiger charge is 2.13. The average Bonchev–Trinajstić information content (AvgIpc) is 2.58. The molecule has 1 amide bonds. The third-order valence-corrected chi connectivity index (χ3v) is 4.34. The number of benzene rings is 1. The van der Waals surface area contributed by atoms with E-state index in [2.05, 4.69) is 10.3 Å². The molecule has 0 saturated heterocycles. The van der Waals surface area contributed by atoms with E-state index >= 15 is 0 Å². The van der Waals surface area contributed by atoms with Crippen molar-refractivity contribution in [2.24, 2.45) is 0 Å². The van der Waals surface area contributed by atoms with Gasteiger partial charge in [0.1, 0.15) is 5.15 Å². The first kappa shape index (κ1) is 18.3. The summed E-state index contributed by atoms with van der Waals surface area (Å²) in [6, 6.07) is 11.2. The fraction of sp³-hybridized carbons (Fsp3) is 0.235. The van der Waals surface area contributed by atoms with Gasteiger partial charge in [-0.25, -0.2) is 9.78 Å². The van der Waals surface area contributed by atoms with E-state index in [1.54, 1.807) is 17.8 Å². The van der Waals surface area contributed by atoms with E-state index < -0.39 is 5.97 Å². The number of hydrogen-bond donors (Lipinski definition) is 1. The maximum absolute atomic E-state index is 11.8. The van der Waals surface area contributed by atoms with E-state index in [1.165, 1.54) is 17.8 Å². The Kier molecular flexibility index (Phi) is 7.08. The van der Waals surface area contributed by atoms with E-state index in [0.29, 0.717) is 6.54 Å². The van der Waals surface area contributed by atoms with Gasteiger partial charge in [-0.2, -0.15) is 0 Å². The molecule has 0 unspecified atom stereocenters. The van der Waals surface area contributed by atoms with Crippen molar-refractivity contribution < 1.29 is 14.3 Å². The van der Waals surface area contributed by atoms with Crippen LogP contribution in [-0.2, 0) is 9.53 Å². The number of amides is 1. The summed E-state index contributed by atoms with van der Waals surface area (Å²) in [5.74, 6) is -0.290. The van der Waals surface area contributed by atoms with Crippen LogP contribution in [0.4, 0.5) is 0 Å². The number of rotatable bonds is 7. The number of aryl methyl sites for hydroxylation is 1. The molecule has 0 aliphatic heterocycles. The van der Waals surface area contributed by atoms with E-state index in [1.807, 2.05) is 31.2 Å². The standard InChI is InChI=1S/C17H17ClN2O3S/c1-12-4-6-13(7-5-12)24-10-9-19-15(21)11-23-17(22)14-3-2-8-20-16(14)18/h2-8H,9-11H2,1H3,(H,19,21). The molecular formula is C17H17ClN2O3S. The van der Waals surface area contributed by atoms with Crippen LogP contribution in [0.2, 0.25) is 5.15 Å². The number of ether oxygens (including phenoxy) is 1. The summed E-state index contributed by atoms with van der Waals surface area (Å²) in [6.07, 6.45) is 1.47. The first-order valence-corrected chi connectivity index (χ1v) is 8.66. The lowest BCUT2D eigenvalue weighted by Gasteiger charge is -2.07. The average molecular weight is 365 g/mol. The molecule has 2 rings (SSSR count). The highest BCUT2D eigenvalue weighted by atomic mass is 35.5. The Morgan fingerprint density at radius 3 is 2.71 bits per heavy atom. The predicted octanol–water partition coefficient (Wildman–Crippen LogP) is 3.11. The third-order valence-electron chi connectivity index (χ3n) is 3.03. The molecule has 2 aromatic rings. The van der Waals surface area contributed by atoms with Gasteiger partial charge in [0.05, 0.1) is 5.56 Å². The number of carbonyl (C=O) groups is 2. The quantitative estimate of drug-likeness (QED) is 0.354. The smallest absolute Gasteiger partial charge is 0.341 e. The molecule has 0 fully saturated rings. The van der Waals surface area contributed by atoms with Gasteiger partial charge in [0.2, 0.25) is 0 Å². The summed E-state index contributed by atoms with van der Waals surface area (Å²) >= 11 is 7.44. The second-order valence-electron chi connectivity index (χ2n) is 4.93. The SMILES string of the molecule is Cc1ccc(SCCNC(=O)COC(=O)c2cccnc2Cl)cc1. The lowest BCUT2D eigenvalue weighted by atomic mass is 10.2. The highest BCUT2D eigenvalue weighted by molar-refractivity contribution is 7.99. The first-order valence-electron chi connectivity index (χ1n) is 7.30. The zero-order valence-electron chi connectivity index (χ0n) is 13.1. The molecule has 5 nitrogen and oxygen atoms in total. The number of pyridine rings is 1. The Bertz CT molecular complexity index is 707. The lowest BCUT2D eigenvalue weighted by Crippen LogP contribution is -2.30. The monoisotopic (exact) mass is 364 g/mol. The summed E-state index contributed by atoms with van der Waals surface area (Å²) in [5, 5.41) is 2.75. The van der Waals surface area contributed by atoms with Crippen LogP contribution in [0.25, 0.3) is 0 Å². The normalized spacial score (nSPS) is 10.2. The number of carbonyl (C=O) groups excluding carboxylic acids is 2. The van der Waals surface area contributed by atoms with Crippen LogP contribution in [-0.4, -0.2) is 35.8 Å². The van der Waals surface area contributed by atoms with Crippen molar-refractivity contribution in [2.45, 2.75) is 11.8 Å². The fourth-order valence-corrected chi connectivity index (χ4v) is 2.76. The Balaban J connectivity index is 1.65. The molecular weight excluding hydrogens is 348 g/mol. The molecule has 7 heteroatoms. The van der Waals surface area contributed by atoms with Gasteiger partial charge in [0, 0.05) is 23.4 Å². The molecule has 0 aliphatic rings. The Labute approximate surface area is 149 Å². The Hall–Kier alpha value is -2.05. The summed E-state index contributed by atoms with van der Waals surface area (Å²) in [6.45, 7) is 2.18. The number of nitrogens with one attached hydrogen (secondary N) is 1. The zero-order chi connectivity index (χ0) is 17.4. The van der Waals surface area contributed by atoms with Gasteiger partial charge >= 0.3 is 5.97 Å². The molecule has 1 heterocycles. The van der Waals surface area contributed by atoms with E-state index in [0.717, 1.165) is 10.6 Å². The summed E-state index contributed by atoms with van der Waals surface area (Å²) in [7, 11) is 0. The minimum absolute atomic E-state index is 0.0532. The van der Waals surface area contributed by atoms with Crippen molar-refractivity contribution in [3.05, 3.63) is 58.9 Å². The number of esters is 1. The summed E-state index contributed by atoms with van der Waals surface area (Å²) in [5.41, 5.74) is 1.35. The van der Waals surface area contributed by atoms with Gasteiger partial charge in [-0.3, -0.25) is 4.79 Å². The maximum Gasteiger partial charge on any atom is 0.341 e. The van der Waals surface area contributed by atoms with E-state index in [9.17, 15) is 9.59 Å². The van der Waals surface area contributed by atoms with Crippen molar-refractivity contribution in [1.82, 2.24) is 10.3 Å². The highest BCUT2D eigenvalue weighted by Crippen LogP contribution is 2.17. The summed E-state index contributed by atoms with van der Waals surface area (Å²) < 4.78 is 4.92. The second kappa shape index (κ2) is 9.30.